The molecular formula is C23H14ClFN2O4. The highest BCUT2D eigenvalue weighted by Crippen LogP contribution is 2.37. The molecule has 0 aliphatic carbocycles. The molecule has 3 aromatic carbocycles. The van der Waals surface area contributed by atoms with Crippen LogP contribution in [0.25, 0.3) is 5.57 Å². The fourth-order valence-electron chi connectivity index (χ4n) is 3.47. The Bertz CT molecular complexity index is 1240. The van der Waals surface area contributed by atoms with Crippen LogP contribution in [0.5, 0.6) is 11.5 Å². The predicted molar refractivity (Wildman–Crippen MR) is 113 cm³/mol. The smallest absolute Gasteiger partial charge is 0.282 e. The lowest BCUT2D eigenvalue weighted by atomic mass is 10.0. The number of benzene rings is 3. The van der Waals surface area contributed by atoms with E-state index in [1.165, 1.54) is 24.3 Å². The van der Waals surface area contributed by atoms with E-state index in [0.717, 1.165) is 4.90 Å². The van der Waals surface area contributed by atoms with E-state index in [9.17, 15) is 14.0 Å². The zero-order valence-electron chi connectivity index (χ0n) is 15.9. The number of carbonyl (C=O) groups excluding carboxylic acids is 2. The van der Waals surface area contributed by atoms with Crippen LogP contribution in [0, 0.1) is 5.82 Å². The van der Waals surface area contributed by atoms with Gasteiger partial charge in [-0.25, -0.2) is 9.29 Å². The maximum absolute atomic E-state index is 13.5. The molecule has 8 heteroatoms. The largest absolute Gasteiger partial charge is 0.454 e. The van der Waals surface area contributed by atoms with Gasteiger partial charge in [0.25, 0.3) is 11.8 Å². The van der Waals surface area contributed by atoms with Gasteiger partial charge in [0.05, 0.1) is 11.3 Å². The molecule has 154 valence electrons. The van der Waals surface area contributed by atoms with Crippen LogP contribution in [0.15, 0.2) is 72.4 Å². The molecule has 0 bridgehead atoms. The van der Waals surface area contributed by atoms with Gasteiger partial charge >= 0.3 is 0 Å². The van der Waals surface area contributed by atoms with Crippen molar-refractivity contribution in [3.8, 4) is 11.5 Å². The fraction of sp³-hybridized carbons (Fsp3) is 0.0435. The monoisotopic (exact) mass is 436 g/mol. The van der Waals surface area contributed by atoms with Crippen LogP contribution in [-0.2, 0) is 9.59 Å². The molecule has 0 fully saturated rings. The van der Waals surface area contributed by atoms with Gasteiger partial charge in [0.1, 0.15) is 11.5 Å². The summed E-state index contributed by atoms with van der Waals surface area (Å²) in [6.45, 7) is 0.115. The minimum atomic E-state index is -0.538. The Labute approximate surface area is 181 Å². The number of ether oxygens (including phenoxy) is 2. The molecule has 2 aliphatic heterocycles. The highest BCUT2D eigenvalue weighted by atomic mass is 35.5. The van der Waals surface area contributed by atoms with Crippen LogP contribution in [-0.4, -0.2) is 18.6 Å². The minimum Gasteiger partial charge on any atom is -0.454 e. The van der Waals surface area contributed by atoms with Gasteiger partial charge in [-0.2, -0.15) is 0 Å². The molecule has 0 unspecified atom stereocenters. The number of halogens is 2. The van der Waals surface area contributed by atoms with Crippen LogP contribution in [0.4, 0.5) is 15.8 Å². The highest BCUT2D eigenvalue weighted by molar-refractivity contribution is 6.46. The molecule has 0 atom stereocenters. The quantitative estimate of drug-likeness (QED) is 0.605. The number of nitrogens with zero attached hydrogens (tertiary/aromatic N) is 1. The van der Waals surface area contributed by atoms with Gasteiger partial charge in [-0.05, 0) is 54.1 Å². The fourth-order valence-corrected chi connectivity index (χ4v) is 3.60. The summed E-state index contributed by atoms with van der Waals surface area (Å²) < 4.78 is 24.2. The zero-order chi connectivity index (χ0) is 21.5. The Balaban J connectivity index is 1.59. The van der Waals surface area contributed by atoms with Crippen molar-refractivity contribution < 1.29 is 23.5 Å². The topological polar surface area (TPSA) is 67.9 Å². The van der Waals surface area contributed by atoms with Crippen molar-refractivity contribution in [1.29, 1.82) is 0 Å². The number of imide groups is 1. The average Bonchev–Trinajstić information content (AvgIpc) is 3.32. The zero-order valence-corrected chi connectivity index (χ0v) is 16.7. The highest BCUT2D eigenvalue weighted by Gasteiger charge is 2.40. The lowest BCUT2D eigenvalue weighted by Crippen LogP contribution is -2.32. The van der Waals surface area contributed by atoms with E-state index >= 15 is 0 Å². The standard InChI is InChI=1S/C23H14ClFN2O4/c24-14-3-8-17(9-4-14)27-22(28)20(13-1-5-15(25)6-2-13)21(23(27)29)26-16-7-10-18-19(11-16)31-12-30-18/h1-11,26H,12H2. The Morgan fingerprint density at radius 3 is 2.32 bits per heavy atom. The van der Waals surface area contributed by atoms with E-state index in [1.54, 1.807) is 42.5 Å². The lowest BCUT2D eigenvalue weighted by Gasteiger charge is -2.15. The second kappa shape index (κ2) is 7.45. The van der Waals surface area contributed by atoms with Crippen LogP contribution in [0.3, 0.4) is 0 Å². The molecule has 0 aromatic heterocycles. The van der Waals surface area contributed by atoms with Crippen molar-refractivity contribution >= 4 is 40.4 Å². The van der Waals surface area contributed by atoms with Crippen LogP contribution < -0.4 is 19.7 Å². The third-order valence-corrected chi connectivity index (χ3v) is 5.20. The molecule has 5 rings (SSSR count). The Morgan fingerprint density at radius 1 is 0.871 bits per heavy atom. The van der Waals surface area contributed by atoms with E-state index in [-0.39, 0.29) is 18.1 Å². The number of amides is 2. The summed E-state index contributed by atoms with van der Waals surface area (Å²) in [7, 11) is 0. The Morgan fingerprint density at radius 2 is 1.58 bits per heavy atom. The Hall–Kier alpha value is -3.84. The second-order valence-corrected chi connectivity index (χ2v) is 7.31. The summed E-state index contributed by atoms with van der Waals surface area (Å²) in [4.78, 5) is 27.7. The van der Waals surface area contributed by atoms with Gasteiger partial charge in [-0.3, -0.25) is 9.59 Å². The molecule has 2 amide bonds. The van der Waals surface area contributed by atoms with Gasteiger partial charge in [0.15, 0.2) is 11.5 Å². The van der Waals surface area contributed by atoms with E-state index < -0.39 is 17.6 Å². The number of anilines is 2. The SMILES string of the molecule is O=C1C(Nc2ccc3c(c2)OCO3)=C(c2ccc(F)cc2)C(=O)N1c1ccc(Cl)cc1. The van der Waals surface area contributed by atoms with Gasteiger partial charge < -0.3 is 14.8 Å². The molecule has 0 radical (unpaired) electrons. The summed E-state index contributed by atoms with van der Waals surface area (Å²) >= 11 is 5.94. The first kappa shape index (κ1) is 19.1. The molecule has 2 heterocycles. The van der Waals surface area contributed by atoms with Gasteiger partial charge in [-0.1, -0.05) is 23.7 Å². The first-order chi connectivity index (χ1) is 15.0. The first-order valence-corrected chi connectivity index (χ1v) is 9.70. The van der Waals surface area contributed by atoms with Crippen LogP contribution >= 0.6 is 11.6 Å². The molecule has 1 N–H and O–H groups in total. The summed E-state index contributed by atoms with van der Waals surface area (Å²) in [6, 6.07) is 16.9. The number of nitrogens with one attached hydrogen (secondary N) is 1. The number of hydrogen-bond acceptors (Lipinski definition) is 5. The summed E-state index contributed by atoms with van der Waals surface area (Å²) in [6.07, 6.45) is 0. The maximum Gasteiger partial charge on any atom is 0.282 e. The van der Waals surface area contributed by atoms with Crippen LogP contribution in [0.2, 0.25) is 5.02 Å². The molecule has 3 aromatic rings. The van der Waals surface area contributed by atoms with Crippen molar-refractivity contribution in [2.24, 2.45) is 0 Å². The predicted octanol–water partition coefficient (Wildman–Crippen LogP) is 4.60. The first-order valence-electron chi connectivity index (χ1n) is 9.32. The molecule has 0 spiro atoms. The van der Waals surface area contributed by atoms with E-state index in [4.69, 9.17) is 21.1 Å². The molecule has 31 heavy (non-hydrogen) atoms. The normalized spacial score (nSPS) is 15.1. The van der Waals surface area contributed by atoms with Crippen molar-refractivity contribution in [3.05, 3.63) is 88.8 Å². The number of rotatable bonds is 4. The maximum atomic E-state index is 13.5. The van der Waals surface area contributed by atoms with Gasteiger partial charge in [0.2, 0.25) is 6.79 Å². The molecular weight excluding hydrogens is 423 g/mol. The summed E-state index contributed by atoms with van der Waals surface area (Å²) in [5, 5.41) is 3.52. The van der Waals surface area contributed by atoms with Gasteiger partial charge in [0, 0.05) is 16.8 Å². The van der Waals surface area contributed by atoms with Crippen molar-refractivity contribution in [3.63, 3.8) is 0 Å². The van der Waals surface area contributed by atoms with E-state index in [2.05, 4.69) is 5.32 Å². The van der Waals surface area contributed by atoms with Crippen molar-refractivity contribution in [2.75, 3.05) is 17.0 Å². The number of fused-ring (bicyclic) bond motifs is 1. The third-order valence-electron chi connectivity index (χ3n) is 4.94. The lowest BCUT2D eigenvalue weighted by molar-refractivity contribution is -0.120. The molecule has 0 saturated carbocycles. The summed E-state index contributed by atoms with van der Waals surface area (Å²) in [5.41, 5.74) is 1.54. The van der Waals surface area contributed by atoms with E-state index in [0.29, 0.717) is 33.5 Å². The molecule has 2 aliphatic rings. The van der Waals surface area contributed by atoms with Crippen LogP contribution in [0.1, 0.15) is 5.56 Å². The number of hydrogen-bond donors (Lipinski definition) is 1. The van der Waals surface area contributed by atoms with Crippen molar-refractivity contribution in [1.82, 2.24) is 0 Å². The minimum absolute atomic E-state index is 0.0745. The molecule has 0 saturated heterocycles. The van der Waals surface area contributed by atoms with E-state index in [1.807, 2.05) is 0 Å². The molecule has 6 nitrogen and oxygen atoms in total. The second-order valence-electron chi connectivity index (χ2n) is 6.87. The third kappa shape index (κ3) is 3.39. The average molecular weight is 437 g/mol. The van der Waals surface area contributed by atoms with Gasteiger partial charge in [-0.15, -0.1) is 0 Å². The number of carbonyl (C=O) groups is 2. The summed E-state index contributed by atoms with van der Waals surface area (Å²) in [5.74, 6) is -0.386. The van der Waals surface area contributed by atoms with Crippen molar-refractivity contribution in [2.45, 2.75) is 0 Å². The Kier molecular flexibility index (Phi) is 4.60.